The lowest BCUT2D eigenvalue weighted by atomic mass is 10.1. The van der Waals surface area contributed by atoms with Crippen molar-refractivity contribution in [1.82, 2.24) is 19.9 Å². The first kappa shape index (κ1) is 17.6. The summed E-state index contributed by atoms with van der Waals surface area (Å²) in [7, 11) is 1.65. The number of methoxy groups -OCH3 is 1. The summed E-state index contributed by atoms with van der Waals surface area (Å²) < 4.78 is 11.4. The van der Waals surface area contributed by atoms with Crippen molar-refractivity contribution in [2.24, 2.45) is 5.92 Å². The molecule has 1 aliphatic rings. The van der Waals surface area contributed by atoms with E-state index in [2.05, 4.69) is 15.0 Å². The largest absolute Gasteiger partial charge is 0.495 e. The maximum Gasteiger partial charge on any atom is 0.222 e. The second-order valence-electron chi connectivity index (χ2n) is 7.15. The number of rotatable bonds is 6. The Kier molecular flexibility index (Phi) is 4.52. The Morgan fingerprint density at radius 3 is 2.69 bits per heavy atom. The van der Waals surface area contributed by atoms with Gasteiger partial charge < -0.3 is 9.47 Å². The first-order valence-electron chi connectivity index (χ1n) is 9.61. The number of hydrogen-bond acceptors (Lipinski definition) is 6. The molecule has 1 aliphatic carbocycles. The number of ether oxygens (including phenoxy) is 2. The number of hydrogen-bond donors (Lipinski definition) is 0. The van der Waals surface area contributed by atoms with Gasteiger partial charge in [-0.3, -0.25) is 15.0 Å². The molecule has 1 saturated carbocycles. The number of fused-ring (bicyclic) bond motifs is 1. The van der Waals surface area contributed by atoms with Gasteiger partial charge in [0, 0.05) is 41.7 Å². The Morgan fingerprint density at radius 2 is 1.90 bits per heavy atom. The highest BCUT2D eigenvalue weighted by Gasteiger charge is 2.40. The van der Waals surface area contributed by atoms with Crippen molar-refractivity contribution in [3.8, 4) is 22.8 Å². The minimum Gasteiger partial charge on any atom is -0.495 e. The number of nitrogens with zero attached hydrogens (tertiary/aromatic N) is 4. The average molecular weight is 384 g/mol. The molecular weight excluding hydrogens is 364 g/mol. The summed E-state index contributed by atoms with van der Waals surface area (Å²) in [6, 6.07) is 13.8. The second-order valence-corrected chi connectivity index (χ2v) is 7.15. The molecule has 0 unspecified atom stereocenters. The van der Waals surface area contributed by atoms with Crippen molar-refractivity contribution in [3.63, 3.8) is 0 Å². The zero-order chi connectivity index (χ0) is 19.6. The Balaban J connectivity index is 1.37. The predicted molar refractivity (Wildman–Crippen MR) is 110 cm³/mol. The third-order valence-corrected chi connectivity index (χ3v) is 5.27. The van der Waals surface area contributed by atoms with Gasteiger partial charge in [-0.25, -0.2) is 4.98 Å². The number of aromatic nitrogens is 4. The van der Waals surface area contributed by atoms with E-state index in [-0.39, 0.29) is 0 Å². The molecule has 0 spiro atoms. The van der Waals surface area contributed by atoms with Gasteiger partial charge in [-0.05, 0) is 54.4 Å². The summed E-state index contributed by atoms with van der Waals surface area (Å²) in [5.41, 5.74) is 4.70. The third kappa shape index (κ3) is 3.61. The third-order valence-electron chi connectivity index (χ3n) is 5.27. The minimum absolute atomic E-state index is 0.424. The van der Waals surface area contributed by atoms with Crippen LogP contribution >= 0.6 is 0 Å². The molecule has 4 heterocycles. The fourth-order valence-electron chi connectivity index (χ4n) is 3.54. The lowest BCUT2D eigenvalue weighted by Gasteiger charge is -2.12. The van der Waals surface area contributed by atoms with Crippen molar-refractivity contribution in [2.45, 2.75) is 12.3 Å². The minimum atomic E-state index is 0.424. The van der Waals surface area contributed by atoms with Crippen molar-refractivity contribution in [1.29, 1.82) is 0 Å². The summed E-state index contributed by atoms with van der Waals surface area (Å²) in [5, 5.41) is 0. The Morgan fingerprint density at radius 1 is 1.00 bits per heavy atom. The molecule has 6 nitrogen and oxygen atoms in total. The Labute approximate surface area is 168 Å². The standard InChI is InChI=1S/C23H20N4O2/c1-28-17-4-5-20(26-13-17)18-11-16(18)14-29-23-19(15-6-9-24-10-7-15)12-22-21(27-23)3-2-8-25-22/h2-10,12-13,16,18H,11,14H2,1H3/t16-,18+/m1/s1. The van der Waals surface area contributed by atoms with Crippen LogP contribution in [0, 0.1) is 5.92 Å². The first-order valence-corrected chi connectivity index (χ1v) is 9.61. The summed E-state index contributed by atoms with van der Waals surface area (Å²) in [4.78, 5) is 17.8. The topological polar surface area (TPSA) is 70.0 Å². The molecule has 6 heteroatoms. The van der Waals surface area contributed by atoms with Gasteiger partial charge in [0.1, 0.15) is 5.75 Å². The monoisotopic (exact) mass is 384 g/mol. The van der Waals surface area contributed by atoms with Crippen LogP contribution in [-0.2, 0) is 0 Å². The van der Waals surface area contributed by atoms with Gasteiger partial charge in [-0.2, -0.15) is 0 Å². The van der Waals surface area contributed by atoms with E-state index in [0.717, 1.165) is 40.0 Å². The van der Waals surface area contributed by atoms with E-state index in [1.165, 1.54) is 0 Å². The van der Waals surface area contributed by atoms with Crippen LogP contribution in [0.15, 0.2) is 67.3 Å². The maximum atomic E-state index is 6.21. The van der Waals surface area contributed by atoms with Crippen LogP contribution in [0.5, 0.6) is 11.6 Å². The molecule has 1 fully saturated rings. The maximum absolute atomic E-state index is 6.21. The highest BCUT2D eigenvalue weighted by Crippen LogP contribution is 2.47. The highest BCUT2D eigenvalue weighted by atomic mass is 16.5. The fourth-order valence-corrected chi connectivity index (χ4v) is 3.54. The van der Waals surface area contributed by atoms with E-state index < -0.39 is 0 Å². The van der Waals surface area contributed by atoms with E-state index in [1.54, 1.807) is 31.9 Å². The smallest absolute Gasteiger partial charge is 0.222 e. The molecule has 4 aromatic rings. The SMILES string of the molecule is COc1ccc([C@H]2C[C@@H]2COc2nc3cccnc3cc2-c2ccncc2)nc1. The molecule has 0 aromatic carbocycles. The molecule has 144 valence electrons. The van der Waals surface area contributed by atoms with Crippen LogP contribution in [0.3, 0.4) is 0 Å². The van der Waals surface area contributed by atoms with Crippen molar-refractivity contribution in [3.05, 3.63) is 72.9 Å². The summed E-state index contributed by atoms with van der Waals surface area (Å²) in [5.74, 6) is 2.27. The van der Waals surface area contributed by atoms with Crippen LogP contribution in [0.25, 0.3) is 22.2 Å². The van der Waals surface area contributed by atoms with Gasteiger partial charge in [0.15, 0.2) is 0 Å². The molecule has 0 aliphatic heterocycles. The average Bonchev–Trinajstić information content (AvgIpc) is 3.57. The number of pyridine rings is 4. The lowest BCUT2D eigenvalue weighted by molar-refractivity contribution is 0.288. The van der Waals surface area contributed by atoms with Crippen LogP contribution in [0.2, 0.25) is 0 Å². The van der Waals surface area contributed by atoms with Crippen molar-refractivity contribution >= 4 is 11.0 Å². The molecular formula is C23H20N4O2. The molecule has 0 radical (unpaired) electrons. The molecule has 0 N–H and O–H groups in total. The van der Waals surface area contributed by atoms with Crippen molar-refractivity contribution < 1.29 is 9.47 Å². The second kappa shape index (κ2) is 7.47. The zero-order valence-electron chi connectivity index (χ0n) is 16.0. The lowest BCUT2D eigenvalue weighted by Crippen LogP contribution is -2.04. The van der Waals surface area contributed by atoms with E-state index in [1.807, 2.05) is 42.5 Å². The summed E-state index contributed by atoms with van der Waals surface area (Å²) >= 11 is 0. The normalized spacial score (nSPS) is 17.8. The van der Waals surface area contributed by atoms with Crippen LogP contribution in [0.1, 0.15) is 18.0 Å². The van der Waals surface area contributed by atoms with Gasteiger partial charge in [-0.1, -0.05) is 0 Å². The Bertz CT molecular complexity index is 1130. The van der Waals surface area contributed by atoms with E-state index >= 15 is 0 Å². The Hall–Kier alpha value is -3.54. The van der Waals surface area contributed by atoms with Crippen LogP contribution < -0.4 is 9.47 Å². The molecule has 0 saturated heterocycles. The van der Waals surface area contributed by atoms with Crippen molar-refractivity contribution in [2.75, 3.05) is 13.7 Å². The molecule has 2 atom stereocenters. The molecule has 0 amide bonds. The van der Waals surface area contributed by atoms with E-state index in [0.29, 0.717) is 24.3 Å². The molecule has 29 heavy (non-hydrogen) atoms. The van der Waals surface area contributed by atoms with E-state index in [4.69, 9.17) is 14.5 Å². The van der Waals surface area contributed by atoms with Gasteiger partial charge in [0.25, 0.3) is 0 Å². The summed E-state index contributed by atoms with van der Waals surface area (Å²) in [6.45, 7) is 0.606. The molecule has 0 bridgehead atoms. The summed E-state index contributed by atoms with van der Waals surface area (Å²) in [6.07, 6.45) is 8.16. The predicted octanol–water partition coefficient (Wildman–Crippen LogP) is 4.28. The quantitative estimate of drug-likeness (QED) is 0.494. The zero-order valence-corrected chi connectivity index (χ0v) is 16.0. The van der Waals surface area contributed by atoms with Crippen LogP contribution in [0.4, 0.5) is 0 Å². The molecule has 4 aromatic heterocycles. The van der Waals surface area contributed by atoms with E-state index in [9.17, 15) is 0 Å². The van der Waals surface area contributed by atoms with Gasteiger partial charge >= 0.3 is 0 Å². The van der Waals surface area contributed by atoms with Gasteiger partial charge in [0.05, 0.1) is 30.9 Å². The molecule has 5 rings (SSSR count). The van der Waals surface area contributed by atoms with Gasteiger partial charge in [0.2, 0.25) is 5.88 Å². The fraction of sp³-hybridized carbons (Fsp3) is 0.217. The van der Waals surface area contributed by atoms with Gasteiger partial charge in [-0.15, -0.1) is 0 Å². The first-order chi connectivity index (χ1) is 14.3. The highest BCUT2D eigenvalue weighted by molar-refractivity contribution is 5.83. The van der Waals surface area contributed by atoms with Crippen LogP contribution in [-0.4, -0.2) is 33.7 Å².